The fraction of sp³-hybridized carbons (Fsp3) is 0.250. The number of sulfonamides is 1. The molecule has 0 unspecified atom stereocenters. The van der Waals surface area contributed by atoms with E-state index in [4.69, 9.17) is 4.74 Å². The maximum absolute atomic E-state index is 12.6. The summed E-state index contributed by atoms with van der Waals surface area (Å²) in [7, 11) is -3.61. The zero-order valence-corrected chi connectivity index (χ0v) is 15.5. The molecular formula is C20H22N2O3S. The zero-order chi connectivity index (χ0) is 18.4. The molecule has 6 heteroatoms. The minimum atomic E-state index is -3.61. The van der Waals surface area contributed by atoms with Crippen LogP contribution in [0.4, 0.5) is 0 Å². The molecule has 3 rings (SSSR count). The zero-order valence-electron chi connectivity index (χ0n) is 14.7. The minimum absolute atomic E-state index is 0.209. The van der Waals surface area contributed by atoms with Gasteiger partial charge in [0.1, 0.15) is 4.90 Å². The van der Waals surface area contributed by atoms with Gasteiger partial charge in [-0.2, -0.15) is 0 Å². The number of rotatable bonds is 8. The Bertz CT molecular complexity index is 973. The van der Waals surface area contributed by atoms with Crippen LogP contribution in [0.25, 0.3) is 10.9 Å². The van der Waals surface area contributed by atoms with Crippen LogP contribution in [-0.4, -0.2) is 26.6 Å². The summed E-state index contributed by atoms with van der Waals surface area (Å²) < 4.78 is 33.4. The number of nitrogens with zero attached hydrogens (tertiary/aromatic N) is 1. The third-order valence-electron chi connectivity index (χ3n) is 3.97. The van der Waals surface area contributed by atoms with Crippen LogP contribution in [0.15, 0.2) is 65.7 Å². The maximum atomic E-state index is 12.6. The summed E-state index contributed by atoms with van der Waals surface area (Å²) in [5.41, 5.74) is 2.59. The fourth-order valence-electron chi connectivity index (χ4n) is 2.68. The number of hydrogen-bond donors (Lipinski definition) is 1. The van der Waals surface area contributed by atoms with Crippen molar-refractivity contribution in [3.05, 3.63) is 71.9 Å². The number of para-hydroxylation sites is 1. The van der Waals surface area contributed by atoms with Crippen molar-refractivity contribution in [2.24, 2.45) is 0 Å². The average Bonchev–Trinajstić information content (AvgIpc) is 2.64. The molecule has 0 aliphatic rings. The lowest BCUT2D eigenvalue weighted by molar-refractivity contribution is 0.119. The summed E-state index contributed by atoms with van der Waals surface area (Å²) in [6, 6.07) is 17.0. The summed E-state index contributed by atoms with van der Waals surface area (Å²) in [5.74, 6) is 0. The third-order valence-corrected chi connectivity index (χ3v) is 5.46. The van der Waals surface area contributed by atoms with Gasteiger partial charge in [0.25, 0.3) is 0 Å². The van der Waals surface area contributed by atoms with Crippen molar-refractivity contribution in [2.75, 3.05) is 13.2 Å². The average molecular weight is 370 g/mol. The third kappa shape index (κ3) is 4.66. The van der Waals surface area contributed by atoms with Crippen LogP contribution >= 0.6 is 0 Å². The Hall–Kier alpha value is -2.28. The van der Waals surface area contributed by atoms with E-state index < -0.39 is 10.0 Å². The van der Waals surface area contributed by atoms with E-state index in [1.54, 1.807) is 18.3 Å². The van der Waals surface area contributed by atoms with Gasteiger partial charge in [0.05, 0.1) is 12.1 Å². The summed E-state index contributed by atoms with van der Waals surface area (Å²) in [6.45, 7) is 3.27. The molecule has 1 N–H and O–H groups in total. The Balaban J connectivity index is 1.55. The molecule has 0 fully saturated rings. The first-order valence-corrected chi connectivity index (χ1v) is 10.0. The largest absolute Gasteiger partial charge is 0.377 e. The highest BCUT2D eigenvalue weighted by Crippen LogP contribution is 2.21. The van der Waals surface area contributed by atoms with Crippen molar-refractivity contribution in [1.82, 2.24) is 9.71 Å². The standard InChI is InChI=1S/C20H22N2O3S/c1-16-13-18-9-5-10-19(20(18)21-14-16)26(23,24)22-11-6-12-25-15-17-7-3-2-4-8-17/h2-5,7-10,13-14,22H,6,11-12,15H2,1H3. The first-order valence-electron chi connectivity index (χ1n) is 8.53. The molecule has 0 bridgehead atoms. The van der Waals surface area contributed by atoms with Gasteiger partial charge < -0.3 is 4.74 Å². The van der Waals surface area contributed by atoms with Gasteiger partial charge in [-0.05, 0) is 36.6 Å². The normalized spacial score (nSPS) is 11.7. The SMILES string of the molecule is Cc1cnc2c(S(=O)(=O)NCCCOCc3ccccc3)cccc2c1. The van der Waals surface area contributed by atoms with Crippen LogP contribution < -0.4 is 4.72 Å². The van der Waals surface area contributed by atoms with E-state index in [1.807, 2.05) is 49.4 Å². The van der Waals surface area contributed by atoms with Gasteiger partial charge in [0, 0.05) is 24.7 Å². The number of pyridine rings is 1. The van der Waals surface area contributed by atoms with Crippen LogP contribution in [-0.2, 0) is 21.4 Å². The van der Waals surface area contributed by atoms with E-state index in [0.717, 1.165) is 16.5 Å². The Morgan fingerprint density at radius 1 is 1.08 bits per heavy atom. The van der Waals surface area contributed by atoms with E-state index in [9.17, 15) is 8.42 Å². The quantitative estimate of drug-likeness (QED) is 0.617. The van der Waals surface area contributed by atoms with E-state index >= 15 is 0 Å². The second-order valence-electron chi connectivity index (χ2n) is 6.13. The number of benzene rings is 2. The summed E-state index contributed by atoms with van der Waals surface area (Å²) >= 11 is 0. The van der Waals surface area contributed by atoms with Crippen molar-refractivity contribution >= 4 is 20.9 Å². The summed E-state index contributed by atoms with van der Waals surface area (Å²) in [6.07, 6.45) is 2.28. The van der Waals surface area contributed by atoms with E-state index in [-0.39, 0.29) is 4.90 Å². The van der Waals surface area contributed by atoms with Gasteiger partial charge in [-0.1, -0.05) is 42.5 Å². The van der Waals surface area contributed by atoms with Crippen LogP contribution in [0, 0.1) is 6.92 Å². The Morgan fingerprint density at radius 3 is 2.69 bits per heavy atom. The number of nitrogens with one attached hydrogen (secondary N) is 1. The second-order valence-corrected chi connectivity index (χ2v) is 7.87. The monoisotopic (exact) mass is 370 g/mol. The molecular weight excluding hydrogens is 348 g/mol. The van der Waals surface area contributed by atoms with Crippen LogP contribution in [0.2, 0.25) is 0 Å². The first-order chi connectivity index (χ1) is 12.6. The highest BCUT2D eigenvalue weighted by Gasteiger charge is 2.17. The van der Waals surface area contributed by atoms with Crippen LogP contribution in [0.1, 0.15) is 17.5 Å². The number of ether oxygens (including phenoxy) is 1. The van der Waals surface area contributed by atoms with E-state index in [2.05, 4.69) is 9.71 Å². The number of aromatic nitrogens is 1. The molecule has 0 aliphatic carbocycles. The highest BCUT2D eigenvalue weighted by molar-refractivity contribution is 7.89. The molecule has 0 amide bonds. The van der Waals surface area contributed by atoms with Gasteiger partial charge in [0.15, 0.2) is 0 Å². The lowest BCUT2D eigenvalue weighted by Crippen LogP contribution is -2.26. The molecule has 5 nitrogen and oxygen atoms in total. The molecule has 0 atom stereocenters. The van der Waals surface area contributed by atoms with Crippen molar-refractivity contribution in [3.63, 3.8) is 0 Å². The molecule has 2 aromatic carbocycles. The van der Waals surface area contributed by atoms with Gasteiger partial charge in [-0.3, -0.25) is 4.98 Å². The lowest BCUT2D eigenvalue weighted by atomic mass is 10.2. The molecule has 136 valence electrons. The molecule has 1 heterocycles. The van der Waals surface area contributed by atoms with Crippen molar-refractivity contribution in [1.29, 1.82) is 0 Å². The number of fused-ring (bicyclic) bond motifs is 1. The predicted molar refractivity (Wildman–Crippen MR) is 102 cm³/mol. The Labute approximate surface area is 154 Å². The fourth-order valence-corrected chi connectivity index (χ4v) is 3.93. The Kier molecular flexibility index (Phi) is 5.98. The molecule has 0 radical (unpaired) electrons. The molecule has 0 saturated carbocycles. The summed E-state index contributed by atoms with van der Waals surface area (Å²) in [5, 5.41) is 0.819. The number of hydrogen-bond acceptors (Lipinski definition) is 4. The molecule has 1 aromatic heterocycles. The lowest BCUT2D eigenvalue weighted by Gasteiger charge is -2.10. The highest BCUT2D eigenvalue weighted by atomic mass is 32.2. The molecule has 26 heavy (non-hydrogen) atoms. The van der Waals surface area contributed by atoms with Crippen LogP contribution in [0.3, 0.4) is 0 Å². The maximum Gasteiger partial charge on any atom is 0.242 e. The Morgan fingerprint density at radius 2 is 1.88 bits per heavy atom. The molecule has 0 aliphatic heterocycles. The van der Waals surface area contributed by atoms with Crippen molar-refractivity contribution in [2.45, 2.75) is 24.8 Å². The first kappa shape index (κ1) is 18.5. The van der Waals surface area contributed by atoms with Crippen molar-refractivity contribution < 1.29 is 13.2 Å². The smallest absolute Gasteiger partial charge is 0.242 e. The predicted octanol–water partition coefficient (Wildman–Crippen LogP) is 3.43. The molecule has 0 spiro atoms. The van der Waals surface area contributed by atoms with Gasteiger partial charge in [0.2, 0.25) is 10.0 Å². The molecule has 3 aromatic rings. The minimum Gasteiger partial charge on any atom is -0.377 e. The molecule has 0 saturated heterocycles. The number of aryl methyl sites for hydroxylation is 1. The van der Waals surface area contributed by atoms with E-state index in [1.165, 1.54) is 0 Å². The second kappa shape index (κ2) is 8.40. The summed E-state index contributed by atoms with van der Waals surface area (Å²) in [4.78, 5) is 4.50. The van der Waals surface area contributed by atoms with Gasteiger partial charge >= 0.3 is 0 Å². The van der Waals surface area contributed by atoms with Gasteiger partial charge in [-0.15, -0.1) is 0 Å². The van der Waals surface area contributed by atoms with E-state index in [0.29, 0.717) is 31.7 Å². The van der Waals surface area contributed by atoms with Crippen LogP contribution in [0.5, 0.6) is 0 Å². The topological polar surface area (TPSA) is 68.3 Å². The van der Waals surface area contributed by atoms with Crippen molar-refractivity contribution in [3.8, 4) is 0 Å². The van der Waals surface area contributed by atoms with Gasteiger partial charge in [-0.25, -0.2) is 13.1 Å².